The standard InChI is InChI=1S/C16H16FN3O2/c1-10-4-15(14(17)6-16(10)20(21)22)19-7-11-2-3-12-8-18-9-13(12)5-11/h2-6,18-19H,7-9H2,1H3. The maximum absolute atomic E-state index is 13.9. The van der Waals surface area contributed by atoms with E-state index in [4.69, 9.17) is 0 Å². The lowest BCUT2D eigenvalue weighted by Gasteiger charge is -2.10. The molecule has 2 N–H and O–H groups in total. The van der Waals surface area contributed by atoms with E-state index in [9.17, 15) is 14.5 Å². The first-order valence-corrected chi connectivity index (χ1v) is 7.04. The normalized spacial score (nSPS) is 13.0. The number of hydrogen-bond acceptors (Lipinski definition) is 4. The highest BCUT2D eigenvalue weighted by atomic mass is 19.1. The van der Waals surface area contributed by atoms with Crippen LogP contribution in [-0.2, 0) is 19.6 Å². The van der Waals surface area contributed by atoms with Gasteiger partial charge in [-0.2, -0.15) is 0 Å². The lowest BCUT2D eigenvalue weighted by Crippen LogP contribution is -2.04. The van der Waals surface area contributed by atoms with Crippen molar-refractivity contribution < 1.29 is 9.31 Å². The molecule has 0 unspecified atom stereocenters. The number of anilines is 1. The molecule has 0 radical (unpaired) electrons. The lowest BCUT2D eigenvalue weighted by molar-refractivity contribution is -0.385. The molecule has 2 aromatic rings. The maximum Gasteiger partial charge on any atom is 0.275 e. The van der Waals surface area contributed by atoms with Gasteiger partial charge in [0.15, 0.2) is 5.82 Å². The van der Waals surface area contributed by atoms with Crippen LogP contribution in [0.2, 0.25) is 0 Å². The fraction of sp³-hybridized carbons (Fsp3) is 0.250. The fourth-order valence-electron chi connectivity index (χ4n) is 2.66. The van der Waals surface area contributed by atoms with Gasteiger partial charge >= 0.3 is 0 Å². The third-order valence-electron chi connectivity index (χ3n) is 3.87. The van der Waals surface area contributed by atoms with E-state index < -0.39 is 10.7 Å². The van der Waals surface area contributed by atoms with Crippen LogP contribution in [0.5, 0.6) is 0 Å². The van der Waals surface area contributed by atoms with Gasteiger partial charge in [-0.25, -0.2) is 4.39 Å². The van der Waals surface area contributed by atoms with Gasteiger partial charge in [0.1, 0.15) is 0 Å². The second-order valence-corrected chi connectivity index (χ2v) is 5.44. The Bertz CT molecular complexity index is 746. The average Bonchev–Trinajstić information content (AvgIpc) is 2.95. The largest absolute Gasteiger partial charge is 0.379 e. The number of nitro benzene ring substituents is 1. The first-order chi connectivity index (χ1) is 10.5. The topological polar surface area (TPSA) is 67.2 Å². The van der Waals surface area contributed by atoms with Crippen LogP contribution in [0.1, 0.15) is 22.3 Å². The van der Waals surface area contributed by atoms with Gasteiger partial charge in [0.2, 0.25) is 0 Å². The predicted octanol–water partition coefficient (Wildman–Crippen LogP) is 3.26. The third-order valence-corrected chi connectivity index (χ3v) is 3.87. The average molecular weight is 301 g/mol. The van der Waals surface area contributed by atoms with Crippen molar-refractivity contribution in [2.75, 3.05) is 5.32 Å². The SMILES string of the molecule is Cc1cc(NCc2ccc3c(c2)CNC3)c(F)cc1[N+](=O)[O-]. The van der Waals surface area contributed by atoms with E-state index >= 15 is 0 Å². The number of benzene rings is 2. The Kier molecular flexibility index (Phi) is 3.77. The number of fused-ring (bicyclic) bond motifs is 1. The molecule has 1 aliphatic rings. The zero-order valence-corrected chi connectivity index (χ0v) is 12.1. The Hall–Kier alpha value is -2.47. The summed E-state index contributed by atoms with van der Waals surface area (Å²) < 4.78 is 13.9. The number of halogens is 1. The van der Waals surface area contributed by atoms with Crippen LogP contribution in [0.25, 0.3) is 0 Å². The first kappa shape index (κ1) is 14.5. The van der Waals surface area contributed by atoms with Crippen molar-refractivity contribution in [3.8, 4) is 0 Å². The number of nitrogens with one attached hydrogen (secondary N) is 2. The van der Waals surface area contributed by atoms with Gasteiger partial charge in [-0.3, -0.25) is 10.1 Å². The molecule has 0 aliphatic carbocycles. The van der Waals surface area contributed by atoms with Gasteiger partial charge in [0.25, 0.3) is 5.69 Å². The molecular weight excluding hydrogens is 285 g/mol. The molecule has 2 aromatic carbocycles. The van der Waals surface area contributed by atoms with E-state index in [0.717, 1.165) is 24.7 Å². The molecule has 6 heteroatoms. The molecule has 1 aliphatic heterocycles. The van der Waals surface area contributed by atoms with Crippen LogP contribution in [0.4, 0.5) is 15.8 Å². The number of aryl methyl sites for hydroxylation is 1. The molecule has 0 amide bonds. The molecule has 0 saturated carbocycles. The van der Waals surface area contributed by atoms with Crippen molar-refractivity contribution in [1.82, 2.24) is 5.32 Å². The summed E-state index contributed by atoms with van der Waals surface area (Å²) in [5.41, 5.74) is 4.12. The van der Waals surface area contributed by atoms with Crippen LogP contribution < -0.4 is 10.6 Å². The highest BCUT2D eigenvalue weighted by molar-refractivity contribution is 5.55. The molecular formula is C16H16FN3O2. The van der Waals surface area contributed by atoms with Crippen molar-refractivity contribution in [3.63, 3.8) is 0 Å². The van der Waals surface area contributed by atoms with E-state index in [2.05, 4.69) is 22.8 Å². The molecule has 22 heavy (non-hydrogen) atoms. The van der Waals surface area contributed by atoms with Crippen LogP contribution in [0.3, 0.4) is 0 Å². The van der Waals surface area contributed by atoms with Crippen molar-refractivity contribution in [2.45, 2.75) is 26.6 Å². The minimum absolute atomic E-state index is 0.202. The van der Waals surface area contributed by atoms with Crippen molar-refractivity contribution in [1.29, 1.82) is 0 Å². The number of rotatable bonds is 4. The van der Waals surface area contributed by atoms with Gasteiger partial charge in [-0.1, -0.05) is 18.2 Å². The molecule has 0 fully saturated rings. The summed E-state index contributed by atoms with van der Waals surface area (Å²) in [5.74, 6) is -0.611. The zero-order chi connectivity index (χ0) is 15.7. The Balaban J connectivity index is 1.76. The minimum Gasteiger partial charge on any atom is -0.379 e. The van der Waals surface area contributed by atoms with Crippen LogP contribution >= 0.6 is 0 Å². The number of nitro groups is 1. The second-order valence-electron chi connectivity index (χ2n) is 5.44. The van der Waals surface area contributed by atoms with Crippen LogP contribution in [-0.4, -0.2) is 4.92 Å². The van der Waals surface area contributed by atoms with Crippen LogP contribution in [0, 0.1) is 22.9 Å². The summed E-state index contributed by atoms with van der Waals surface area (Å²) in [6, 6.07) is 8.62. The summed E-state index contributed by atoms with van der Waals surface area (Å²) in [4.78, 5) is 10.2. The summed E-state index contributed by atoms with van der Waals surface area (Å²) in [6.07, 6.45) is 0. The fourth-order valence-corrected chi connectivity index (χ4v) is 2.66. The summed E-state index contributed by atoms with van der Waals surface area (Å²) in [5, 5.41) is 17.1. The van der Waals surface area contributed by atoms with E-state index in [0.29, 0.717) is 12.1 Å². The molecule has 0 atom stereocenters. The molecule has 0 saturated heterocycles. The number of hydrogen-bond donors (Lipinski definition) is 2. The molecule has 0 spiro atoms. The summed E-state index contributed by atoms with van der Waals surface area (Å²) >= 11 is 0. The lowest BCUT2D eigenvalue weighted by atomic mass is 10.1. The number of nitrogens with zero attached hydrogens (tertiary/aromatic N) is 1. The highest BCUT2D eigenvalue weighted by Crippen LogP contribution is 2.26. The van der Waals surface area contributed by atoms with Gasteiger partial charge in [0, 0.05) is 25.2 Å². The molecule has 114 valence electrons. The van der Waals surface area contributed by atoms with Crippen molar-refractivity contribution in [3.05, 3.63) is 68.5 Å². The molecule has 5 nitrogen and oxygen atoms in total. The van der Waals surface area contributed by atoms with E-state index in [1.54, 1.807) is 6.92 Å². The van der Waals surface area contributed by atoms with Crippen LogP contribution in [0.15, 0.2) is 30.3 Å². The molecule has 0 bridgehead atoms. The summed E-state index contributed by atoms with van der Waals surface area (Å²) in [7, 11) is 0. The predicted molar refractivity (Wildman–Crippen MR) is 82.1 cm³/mol. The van der Waals surface area contributed by atoms with Crippen molar-refractivity contribution in [2.24, 2.45) is 0 Å². The Morgan fingerprint density at radius 1 is 1.27 bits per heavy atom. The molecule has 0 aromatic heterocycles. The second kappa shape index (κ2) is 5.73. The van der Waals surface area contributed by atoms with Gasteiger partial charge in [-0.15, -0.1) is 0 Å². The van der Waals surface area contributed by atoms with Gasteiger partial charge in [0.05, 0.1) is 16.7 Å². The maximum atomic E-state index is 13.9. The Morgan fingerprint density at radius 3 is 2.82 bits per heavy atom. The minimum atomic E-state index is -0.611. The Morgan fingerprint density at radius 2 is 2.05 bits per heavy atom. The Labute approximate surface area is 127 Å². The van der Waals surface area contributed by atoms with E-state index in [1.165, 1.54) is 17.2 Å². The van der Waals surface area contributed by atoms with Crippen molar-refractivity contribution >= 4 is 11.4 Å². The zero-order valence-electron chi connectivity index (χ0n) is 12.1. The molecule has 1 heterocycles. The van der Waals surface area contributed by atoms with Gasteiger partial charge in [-0.05, 0) is 29.7 Å². The van der Waals surface area contributed by atoms with E-state index in [-0.39, 0.29) is 11.4 Å². The molecule has 3 rings (SSSR count). The first-order valence-electron chi connectivity index (χ1n) is 7.04. The monoisotopic (exact) mass is 301 g/mol. The summed E-state index contributed by atoms with van der Waals surface area (Å²) in [6.45, 7) is 3.82. The smallest absolute Gasteiger partial charge is 0.275 e. The highest BCUT2D eigenvalue weighted by Gasteiger charge is 2.15. The van der Waals surface area contributed by atoms with E-state index in [1.807, 2.05) is 6.07 Å². The quantitative estimate of drug-likeness (QED) is 0.672. The third kappa shape index (κ3) is 2.78. The van der Waals surface area contributed by atoms with Gasteiger partial charge < -0.3 is 10.6 Å².